The molecule has 3 aromatic rings. The summed E-state index contributed by atoms with van der Waals surface area (Å²) in [5.41, 5.74) is 5.97. The van der Waals surface area contributed by atoms with Gasteiger partial charge in [-0.1, -0.05) is 18.2 Å². The van der Waals surface area contributed by atoms with Gasteiger partial charge in [0, 0.05) is 24.0 Å². The van der Waals surface area contributed by atoms with Crippen molar-refractivity contribution in [3.63, 3.8) is 0 Å². The molecule has 0 aliphatic heterocycles. The molecule has 0 atom stereocenters. The smallest absolute Gasteiger partial charge is 0.269 e. The highest BCUT2D eigenvalue weighted by Gasteiger charge is 2.11. The standard InChI is InChI=1S/C20H20N4O4/c1-2-27-16-10-8-14(9-11-16)19(26)23-21-17(25)12-13-18-22-24-20(28-18)15-6-4-3-5-7-15/h3-11H,2,12-13H2,1H3,(H,21,25)(H,23,26). The minimum absolute atomic E-state index is 0.0972. The number of nitrogens with one attached hydrogen (secondary N) is 2. The lowest BCUT2D eigenvalue weighted by Gasteiger charge is -2.07. The van der Waals surface area contributed by atoms with Crippen LogP contribution in [0, 0.1) is 0 Å². The molecule has 8 heteroatoms. The Labute approximate surface area is 161 Å². The Kier molecular flexibility index (Phi) is 6.35. The van der Waals surface area contributed by atoms with Gasteiger partial charge < -0.3 is 9.15 Å². The molecule has 0 radical (unpaired) electrons. The Morgan fingerprint density at radius 2 is 1.75 bits per heavy atom. The minimum Gasteiger partial charge on any atom is -0.494 e. The van der Waals surface area contributed by atoms with E-state index >= 15 is 0 Å². The summed E-state index contributed by atoms with van der Waals surface area (Å²) in [5.74, 6) is 0.656. The van der Waals surface area contributed by atoms with E-state index in [1.54, 1.807) is 24.3 Å². The van der Waals surface area contributed by atoms with E-state index in [4.69, 9.17) is 9.15 Å². The normalized spacial score (nSPS) is 10.3. The van der Waals surface area contributed by atoms with Crippen molar-refractivity contribution >= 4 is 11.8 Å². The maximum absolute atomic E-state index is 12.0. The predicted molar refractivity (Wildman–Crippen MR) is 101 cm³/mol. The van der Waals surface area contributed by atoms with E-state index in [9.17, 15) is 9.59 Å². The second kappa shape index (κ2) is 9.31. The highest BCUT2D eigenvalue weighted by Crippen LogP contribution is 2.17. The Hall–Kier alpha value is -3.68. The van der Waals surface area contributed by atoms with Crippen LogP contribution in [-0.2, 0) is 11.2 Å². The van der Waals surface area contributed by atoms with Crippen molar-refractivity contribution in [2.24, 2.45) is 0 Å². The van der Waals surface area contributed by atoms with Crippen molar-refractivity contribution in [1.29, 1.82) is 0 Å². The molecule has 0 aliphatic carbocycles. The van der Waals surface area contributed by atoms with E-state index in [2.05, 4.69) is 21.0 Å². The number of amides is 2. The molecular formula is C20H20N4O4. The van der Waals surface area contributed by atoms with Crippen molar-refractivity contribution in [2.75, 3.05) is 6.61 Å². The van der Waals surface area contributed by atoms with Crippen LogP contribution in [0.3, 0.4) is 0 Å². The third-order valence-electron chi connectivity index (χ3n) is 3.80. The van der Waals surface area contributed by atoms with Crippen LogP contribution in [0.2, 0.25) is 0 Å². The van der Waals surface area contributed by atoms with Gasteiger partial charge in [0.2, 0.25) is 17.7 Å². The third-order valence-corrected chi connectivity index (χ3v) is 3.80. The molecular weight excluding hydrogens is 360 g/mol. The molecule has 0 fully saturated rings. The van der Waals surface area contributed by atoms with Gasteiger partial charge in [-0.05, 0) is 43.3 Å². The number of hydrogen-bond acceptors (Lipinski definition) is 6. The number of carbonyl (C=O) groups excluding carboxylic acids is 2. The van der Waals surface area contributed by atoms with Crippen LogP contribution in [-0.4, -0.2) is 28.6 Å². The lowest BCUT2D eigenvalue weighted by atomic mass is 10.2. The maximum atomic E-state index is 12.0. The van der Waals surface area contributed by atoms with Gasteiger partial charge in [0.1, 0.15) is 5.75 Å². The average molecular weight is 380 g/mol. The first-order valence-corrected chi connectivity index (χ1v) is 8.85. The molecule has 144 valence electrons. The number of hydrogen-bond donors (Lipinski definition) is 2. The van der Waals surface area contributed by atoms with E-state index < -0.39 is 5.91 Å². The summed E-state index contributed by atoms with van der Waals surface area (Å²) < 4.78 is 10.9. The minimum atomic E-state index is -0.416. The molecule has 2 N–H and O–H groups in total. The largest absolute Gasteiger partial charge is 0.494 e. The molecule has 0 saturated heterocycles. The van der Waals surface area contributed by atoms with Gasteiger partial charge >= 0.3 is 0 Å². The van der Waals surface area contributed by atoms with Crippen molar-refractivity contribution in [3.8, 4) is 17.2 Å². The monoisotopic (exact) mass is 380 g/mol. The van der Waals surface area contributed by atoms with Gasteiger partial charge in [-0.2, -0.15) is 0 Å². The van der Waals surface area contributed by atoms with Crippen LogP contribution < -0.4 is 15.6 Å². The number of benzene rings is 2. The third kappa shape index (κ3) is 5.16. The summed E-state index contributed by atoms with van der Waals surface area (Å²) in [7, 11) is 0. The quantitative estimate of drug-likeness (QED) is 0.610. The molecule has 2 aromatic carbocycles. The maximum Gasteiger partial charge on any atom is 0.269 e. The molecule has 0 spiro atoms. The van der Waals surface area contributed by atoms with Crippen LogP contribution in [0.5, 0.6) is 5.75 Å². The number of aromatic nitrogens is 2. The van der Waals surface area contributed by atoms with E-state index in [1.807, 2.05) is 37.3 Å². The van der Waals surface area contributed by atoms with Crippen molar-refractivity contribution in [2.45, 2.75) is 19.8 Å². The van der Waals surface area contributed by atoms with Gasteiger partial charge in [0.25, 0.3) is 5.91 Å². The molecule has 0 unspecified atom stereocenters. The first kappa shape index (κ1) is 19.1. The molecule has 28 heavy (non-hydrogen) atoms. The first-order valence-electron chi connectivity index (χ1n) is 8.85. The number of aryl methyl sites for hydroxylation is 1. The van der Waals surface area contributed by atoms with Crippen LogP contribution in [0.4, 0.5) is 0 Å². The predicted octanol–water partition coefficient (Wildman–Crippen LogP) is 2.53. The Bertz CT molecular complexity index is 923. The first-order chi connectivity index (χ1) is 13.7. The molecule has 0 saturated carbocycles. The number of rotatable bonds is 7. The average Bonchev–Trinajstić information content (AvgIpc) is 3.21. The summed E-state index contributed by atoms with van der Waals surface area (Å²) >= 11 is 0. The SMILES string of the molecule is CCOc1ccc(C(=O)NNC(=O)CCc2nnc(-c3ccccc3)o2)cc1. The van der Waals surface area contributed by atoms with E-state index in [-0.39, 0.29) is 18.7 Å². The van der Waals surface area contributed by atoms with E-state index in [1.165, 1.54) is 0 Å². The molecule has 1 heterocycles. The highest BCUT2D eigenvalue weighted by atomic mass is 16.5. The van der Waals surface area contributed by atoms with Gasteiger partial charge in [-0.15, -0.1) is 10.2 Å². The second-order valence-corrected chi connectivity index (χ2v) is 5.83. The van der Waals surface area contributed by atoms with Gasteiger partial charge in [-0.25, -0.2) is 0 Å². The number of nitrogens with zero attached hydrogens (tertiary/aromatic N) is 2. The summed E-state index contributed by atoms with van der Waals surface area (Å²) in [5, 5.41) is 7.90. The second-order valence-electron chi connectivity index (χ2n) is 5.83. The van der Waals surface area contributed by atoms with Gasteiger partial charge in [-0.3, -0.25) is 20.4 Å². The van der Waals surface area contributed by atoms with Crippen molar-refractivity contribution in [1.82, 2.24) is 21.0 Å². The molecule has 3 rings (SSSR count). The summed E-state index contributed by atoms with van der Waals surface area (Å²) in [4.78, 5) is 24.0. The van der Waals surface area contributed by atoms with E-state index in [0.717, 1.165) is 5.56 Å². The highest BCUT2D eigenvalue weighted by molar-refractivity contribution is 5.95. The number of ether oxygens (including phenoxy) is 1. The lowest BCUT2D eigenvalue weighted by Crippen LogP contribution is -2.41. The lowest BCUT2D eigenvalue weighted by molar-refractivity contribution is -0.121. The summed E-state index contributed by atoms with van der Waals surface area (Å²) in [6.07, 6.45) is 0.366. The molecule has 1 aromatic heterocycles. The zero-order valence-electron chi connectivity index (χ0n) is 15.3. The zero-order valence-corrected chi connectivity index (χ0v) is 15.3. The number of hydrazine groups is 1. The Morgan fingerprint density at radius 1 is 1.00 bits per heavy atom. The molecule has 8 nitrogen and oxygen atoms in total. The fraction of sp³-hybridized carbons (Fsp3) is 0.200. The van der Waals surface area contributed by atoms with Crippen LogP contribution in [0.1, 0.15) is 29.6 Å². The Morgan fingerprint density at radius 3 is 2.46 bits per heavy atom. The topological polar surface area (TPSA) is 106 Å². The van der Waals surface area contributed by atoms with Gasteiger partial charge in [0.05, 0.1) is 6.61 Å². The van der Waals surface area contributed by atoms with Crippen LogP contribution in [0.25, 0.3) is 11.5 Å². The summed E-state index contributed by atoms with van der Waals surface area (Å²) in [6, 6.07) is 16.0. The fourth-order valence-electron chi connectivity index (χ4n) is 2.40. The fourth-order valence-corrected chi connectivity index (χ4v) is 2.40. The summed E-state index contributed by atoms with van der Waals surface area (Å²) in [6.45, 7) is 2.43. The van der Waals surface area contributed by atoms with Crippen molar-refractivity contribution < 1.29 is 18.7 Å². The molecule has 0 bridgehead atoms. The molecule has 2 amide bonds. The van der Waals surface area contributed by atoms with Crippen molar-refractivity contribution in [3.05, 3.63) is 66.1 Å². The van der Waals surface area contributed by atoms with Gasteiger partial charge in [0.15, 0.2) is 0 Å². The Balaban J connectivity index is 1.44. The van der Waals surface area contributed by atoms with Crippen LogP contribution >= 0.6 is 0 Å². The van der Waals surface area contributed by atoms with Crippen LogP contribution in [0.15, 0.2) is 59.0 Å². The zero-order chi connectivity index (χ0) is 19.8. The molecule has 0 aliphatic rings. The number of carbonyl (C=O) groups is 2. The van der Waals surface area contributed by atoms with E-state index in [0.29, 0.717) is 29.7 Å².